The minimum Gasteiger partial charge on any atom is -0.398 e. The molecule has 6 nitrogen and oxygen atoms in total. The molecule has 0 bridgehead atoms. The summed E-state index contributed by atoms with van der Waals surface area (Å²) in [5.41, 5.74) is 7.68. The van der Waals surface area contributed by atoms with Gasteiger partial charge in [-0.15, -0.1) is 0 Å². The molecule has 0 aliphatic carbocycles. The van der Waals surface area contributed by atoms with Crippen LogP contribution in [0.3, 0.4) is 0 Å². The van der Waals surface area contributed by atoms with Gasteiger partial charge < -0.3 is 16.4 Å². The van der Waals surface area contributed by atoms with Crippen molar-refractivity contribution in [3.8, 4) is 6.07 Å². The minimum atomic E-state index is -0.609. The van der Waals surface area contributed by atoms with Crippen LogP contribution in [0.15, 0.2) is 60.3 Å². The molecule has 2 aromatic carbocycles. The van der Waals surface area contributed by atoms with Gasteiger partial charge in [-0.3, -0.25) is 9.59 Å². The van der Waals surface area contributed by atoms with Crippen LogP contribution in [0.4, 0.5) is 11.4 Å². The van der Waals surface area contributed by atoms with Crippen molar-refractivity contribution in [2.75, 3.05) is 11.1 Å². The smallest absolute Gasteiger partial charge is 0.267 e. The van der Waals surface area contributed by atoms with E-state index in [1.54, 1.807) is 42.5 Å². The Bertz CT molecular complexity index is 833. The molecule has 0 radical (unpaired) electrons. The third-order valence-electron chi connectivity index (χ3n) is 3.23. The molecular weight excluding hydrogens is 304 g/mol. The van der Waals surface area contributed by atoms with Crippen molar-refractivity contribution in [2.45, 2.75) is 6.92 Å². The lowest BCUT2D eigenvalue weighted by atomic mass is 10.1. The number of aryl methyl sites for hydroxylation is 1. The number of amides is 2. The van der Waals surface area contributed by atoms with E-state index in [-0.39, 0.29) is 11.1 Å². The molecule has 24 heavy (non-hydrogen) atoms. The van der Waals surface area contributed by atoms with Gasteiger partial charge in [0.15, 0.2) is 0 Å². The second-order valence-electron chi connectivity index (χ2n) is 5.05. The number of hydrogen-bond donors (Lipinski definition) is 3. The summed E-state index contributed by atoms with van der Waals surface area (Å²) in [7, 11) is 0. The van der Waals surface area contributed by atoms with Crippen LogP contribution in [0.1, 0.15) is 15.9 Å². The summed E-state index contributed by atoms with van der Waals surface area (Å²) in [5, 5.41) is 14.1. The fraction of sp³-hybridized carbons (Fsp3) is 0.0556. The van der Waals surface area contributed by atoms with E-state index in [0.717, 1.165) is 11.8 Å². The number of nitrogens with two attached hydrogens (primary N) is 1. The fourth-order valence-corrected chi connectivity index (χ4v) is 1.90. The number of anilines is 2. The summed E-state index contributed by atoms with van der Waals surface area (Å²) >= 11 is 0. The molecule has 0 saturated carbocycles. The van der Waals surface area contributed by atoms with Crippen molar-refractivity contribution in [1.29, 1.82) is 5.26 Å². The minimum absolute atomic E-state index is 0.224. The first-order chi connectivity index (χ1) is 11.5. The van der Waals surface area contributed by atoms with E-state index in [0.29, 0.717) is 11.4 Å². The maximum Gasteiger partial charge on any atom is 0.267 e. The van der Waals surface area contributed by atoms with Gasteiger partial charge in [-0.05, 0) is 31.2 Å². The zero-order valence-corrected chi connectivity index (χ0v) is 13.0. The second kappa shape index (κ2) is 7.61. The third kappa shape index (κ3) is 4.21. The van der Waals surface area contributed by atoms with Crippen LogP contribution in [0.2, 0.25) is 0 Å². The molecule has 0 aromatic heterocycles. The largest absolute Gasteiger partial charge is 0.398 e. The first-order valence-corrected chi connectivity index (χ1v) is 7.15. The number of nitriles is 1. The lowest BCUT2D eigenvalue weighted by Gasteiger charge is -2.06. The number of nitrogens with one attached hydrogen (secondary N) is 2. The monoisotopic (exact) mass is 320 g/mol. The number of para-hydroxylation sites is 1. The number of rotatable bonds is 4. The molecule has 0 saturated heterocycles. The Morgan fingerprint density at radius 3 is 2.42 bits per heavy atom. The van der Waals surface area contributed by atoms with Crippen molar-refractivity contribution >= 4 is 23.2 Å². The van der Waals surface area contributed by atoms with Gasteiger partial charge in [0.2, 0.25) is 0 Å². The molecule has 0 spiro atoms. The highest BCUT2D eigenvalue weighted by molar-refractivity contribution is 6.07. The molecular formula is C18H16N4O2. The molecule has 0 unspecified atom stereocenters. The topological polar surface area (TPSA) is 108 Å². The fourth-order valence-electron chi connectivity index (χ4n) is 1.90. The first kappa shape index (κ1) is 16.8. The van der Waals surface area contributed by atoms with Gasteiger partial charge in [0.1, 0.15) is 11.6 Å². The van der Waals surface area contributed by atoms with Crippen LogP contribution < -0.4 is 16.4 Å². The number of carbonyl (C=O) groups is 2. The number of nitrogen functional groups attached to an aromatic ring is 1. The van der Waals surface area contributed by atoms with E-state index < -0.39 is 11.8 Å². The van der Waals surface area contributed by atoms with Gasteiger partial charge in [0.25, 0.3) is 11.8 Å². The van der Waals surface area contributed by atoms with Gasteiger partial charge in [0, 0.05) is 17.6 Å². The molecule has 0 aliphatic rings. The zero-order valence-electron chi connectivity index (χ0n) is 13.0. The van der Waals surface area contributed by atoms with Crippen LogP contribution >= 0.6 is 0 Å². The van der Waals surface area contributed by atoms with E-state index in [4.69, 9.17) is 11.0 Å². The highest BCUT2D eigenvalue weighted by Crippen LogP contribution is 2.11. The van der Waals surface area contributed by atoms with E-state index >= 15 is 0 Å². The van der Waals surface area contributed by atoms with Crippen molar-refractivity contribution in [1.82, 2.24) is 5.32 Å². The second-order valence-corrected chi connectivity index (χ2v) is 5.05. The quantitative estimate of drug-likeness (QED) is 0.456. The summed E-state index contributed by atoms with van der Waals surface area (Å²) in [4.78, 5) is 24.1. The molecule has 0 aliphatic heterocycles. The van der Waals surface area contributed by atoms with Crippen molar-refractivity contribution in [3.05, 3.63) is 71.4 Å². The predicted octanol–water partition coefficient (Wildman–Crippen LogP) is 2.35. The Kier molecular flexibility index (Phi) is 5.32. The summed E-state index contributed by atoms with van der Waals surface area (Å²) in [5.74, 6) is -1.10. The van der Waals surface area contributed by atoms with Gasteiger partial charge in [-0.25, -0.2) is 0 Å². The van der Waals surface area contributed by atoms with E-state index in [1.807, 2.05) is 19.1 Å². The van der Waals surface area contributed by atoms with Crippen LogP contribution in [0.25, 0.3) is 0 Å². The van der Waals surface area contributed by atoms with Crippen molar-refractivity contribution in [3.63, 3.8) is 0 Å². The Morgan fingerprint density at radius 1 is 1.12 bits per heavy atom. The average Bonchev–Trinajstić information content (AvgIpc) is 2.57. The Balaban J connectivity index is 2.07. The third-order valence-corrected chi connectivity index (χ3v) is 3.23. The maximum absolute atomic E-state index is 12.1. The van der Waals surface area contributed by atoms with E-state index in [1.165, 1.54) is 0 Å². The molecule has 2 rings (SSSR count). The van der Waals surface area contributed by atoms with E-state index in [2.05, 4.69) is 10.6 Å². The van der Waals surface area contributed by atoms with Gasteiger partial charge >= 0.3 is 0 Å². The standard InChI is InChI=1S/C18H16N4O2/c1-12-6-8-14(9-7-12)22-17(23)13(10-19)11-21-18(24)15-4-2-3-5-16(15)20/h2-9,11H,20H2,1H3,(H,21,24)(H,22,23)/b13-11-. The summed E-state index contributed by atoms with van der Waals surface area (Å²) < 4.78 is 0. The molecule has 120 valence electrons. The highest BCUT2D eigenvalue weighted by Gasteiger charge is 2.12. The molecule has 4 N–H and O–H groups in total. The highest BCUT2D eigenvalue weighted by atomic mass is 16.2. The lowest BCUT2D eigenvalue weighted by molar-refractivity contribution is -0.112. The molecule has 2 amide bonds. The Labute approximate surface area is 139 Å². The predicted molar refractivity (Wildman–Crippen MR) is 91.8 cm³/mol. The molecule has 6 heteroatoms. The number of hydrogen-bond acceptors (Lipinski definition) is 4. The van der Waals surface area contributed by atoms with Crippen LogP contribution in [-0.4, -0.2) is 11.8 Å². The molecule has 0 heterocycles. The van der Waals surface area contributed by atoms with Gasteiger partial charge in [-0.2, -0.15) is 5.26 Å². The summed E-state index contributed by atoms with van der Waals surface area (Å²) in [6.45, 7) is 1.93. The first-order valence-electron chi connectivity index (χ1n) is 7.15. The number of nitrogens with zero attached hydrogens (tertiary/aromatic N) is 1. The number of benzene rings is 2. The molecule has 0 atom stereocenters. The normalized spacial score (nSPS) is 10.6. The molecule has 2 aromatic rings. The van der Waals surface area contributed by atoms with Gasteiger partial charge in [-0.1, -0.05) is 29.8 Å². The Morgan fingerprint density at radius 2 is 1.79 bits per heavy atom. The van der Waals surface area contributed by atoms with Crippen LogP contribution in [-0.2, 0) is 4.79 Å². The van der Waals surface area contributed by atoms with Gasteiger partial charge in [0.05, 0.1) is 5.56 Å². The number of carbonyl (C=O) groups excluding carboxylic acids is 2. The molecule has 0 fully saturated rings. The average molecular weight is 320 g/mol. The SMILES string of the molecule is Cc1ccc(NC(=O)/C(C#N)=C\NC(=O)c2ccccc2N)cc1. The maximum atomic E-state index is 12.1. The van der Waals surface area contributed by atoms with E-state index in [9.17, 15) is 9.59 Å². The van der Waals surface area contributed by atoms with Crippen molar-refractivity contribution in [2.24, 2.45) is 0 Å². The van der Waals surface area contributed by atoms with Crippen LogP contribution in [0, 0.1) is 18.3 Å². The summed E-state index contributed by atoms with van der Waals surface area (Å²) in [6.07, 6.45) is 1.07. The Hall–Kier alpha value is -3.59. The van der Waals surface area contributed by atoms with Crippen LogP contribution in [0.5, 0.6) is 0 Å². The zero-order chi connectivity index (χ0) is 17.5. The lowest BCUT2D eigenvalue weighted by Crippen LogP contribution is -2.22. The summed E-state index contributed by atoms with van der Waals surface area (Å²) in [6, 6.07) is 15.4. The van der Waals surface area contributed by atoms with Crippen molar-refractivity contribution < 1.29 is 9.59 Å².